The molecule has 38 heavy (non-hydrogen) atoms. The van der Waals surface area contributed by atoms with Crippen LogP contribution in [0.4, 0.5) is 11.6 Å². The van der Waals surface area contributed by atoms with Gasteiger partial charge < -0.3 is 30.2 Å². The van der Waals surface area contributed by atoms with E-state index in [2.05, 4.69) is 53.4 Å². The number of allylic oxidation sites excluding steroid dienone is 1. The fraction of sp³-hybridized carbons (Fsp3) is 0.556. The van der Waals surface area contributed by atoms with Gasteiger partial charge >= 0.3 is 12.0 Å². The Morgan fingerprint density at radius 2 is 1.55 bits per heavy atom. The van der Waals surface area contributed by atoms with Gasteiger partial charge in [0, 0.05) is 26.4 Å². The molecule has 3 heterocycles. The molecule has 0 unspecified atom stereocenters. The Labute approximate surface area is 226 Å². The number of hydrogen-bond acceptors (Lipinski definition) is 9. The zero-order chi connectivity index (χ0) is 27.5. The van der Waals surface area contributed by atoms with E-state index in [9.17, 15) is 0 Å². The average Bonchev–Trinajstić information content (AvgIpc) is 3.50. The Kier molecular flexibility index (Phi) is 10.9. The van der Waals surface area contributed by atoms with E-state index in [0.29, 0.717) is 43.6 Å². The Morgan fingerprint density at radius 3 is 2.21 bits per heavy atom. The van der Waals surface area contributed by atoms with Crippen molar-refractivity contribution >= 4 is 36.8 Å². The zero-order valence-corrected chi connectivity index (χ0v) is 24.5. The van der Waals surface area contributed by atoms with Crippen LogP contribution in [0.15, 0.2) is 18.3 Å². The van der Waals surface area contributed by atoms with Gasteiger partial charge in [0.15, 0.2) is 5.82 Å². The maximum Gasteiger partial charge on any atom is 0.319 e. The molecule has 3 aromatic rings. The van der Waals surface area contributed by atoms with Crippen LogP contribution < -0.4 is 20.9 Å². The summed E-state index contributed by atoms with van der Waals surface area (Å²) in [6.07, 6.45) is 10.9. The molecule has 0 saturated carbocycles. The molecular weight excluding hydrogens is 498 g/mol. The number of fused-ring (bicyclic) bond motifs is 2. The first-order valence-corrected chi connectivity index (χ1v) is 17.2. The number of ether oxygens (including phenoxy) is 3. The minimum atomic E-state index is -1.07. The Morgan fingerprint density at radius 1 is 0.895 bits per heavy atom. The number of rotatable bonds is 13. The first-order chi connectivity index (χ1) is 18.2. The van der Waals surface area contributed by atoms with Crippen molar-refractivity contribution in [3.8, 4) is 12.0 Å². The lowest BCUT2D eigenvalue weighted by Gasteiger charge is -2.16. The van der Waals surface area contributed by atoms with Crippen molar-refractivity contribution in [2.24, 2.45) is 0 Å². The van der Waals surface area contributed by atoms with Crippen LogP contribution in [-0.4, -0.2) is 52.4 Å². The first kappa shape index (κ1) is 29.4. The van der Waals surface area contributed by atoms with Crippen molar-refractivity contribution in [3.63, 3.8) is 0 Å². The second-order valence-corrected chi connectivity index (χ2v) is 16.1. The molecule has 0 atom stereocenters. The third-order valence-electron chi connectivity index (χ3n) is 5.95. The van der Waals surface area contributed by atoms with Gasteiger partial charge in [-0.05, 0) is 37.4 Å². The van der Waals surface area contributed by atoms with E-state index < -0.39 is 8.07 Å². The lowest BCUT2D eigenvalue weighted by atomic mass is 10.2. The van der Waals surface area contributed by atoms with Gasteiger partial charge in [0.25, 0.3) is 0 Å². The van der Waals surface area contributed by atoms with E-state index >= 15 is 0 Å². The lowest BCUT2D eigenvalue weighted by molar-refractivity contribution is 0.0902. The summed E-state index contributed by atoms with van der Waals surface area (Å²) in [5.41, 5.74) is 15.4. The van der Waals surface area contributed by atoms with E-state index in [4.69, 9.17) is 25.7 Å². The predicted octanol–water partition coefficient (Wildman–Crippen LogP) is 5.31. The van der Waals surface area contributed by atoms with E-state index in [1.165, 1.54) is 0 Å². The fourth-order valence-corrected chi connectivity index (χ4v) is 4.40. The highest BCUT2D eigenvalue weighted by molar-refractivity contribution is 6.76. The fourth-order valence-electron chi connectivity index (χ4n) is 3.64. The van der Waals surface area contributed by atoms with Gasteiger partial charge in [0.05, 0.1) is 24.4 Å². The van der Waals surface area contributed by atoms with Crippen LogP contribution in [0.1, 0.15) is 50.8 Å². The van der Waals surface area contributed by atoms with Crippen molar-refractivity contribution in [1.29, 1.82) is 0 Å². The molecule has 0 saturated heterocycles. The van der Waals surface area contributed by atoms with Crippen LogP contribution in [0.2, 0.25) is 25.7 Å². The van der Waals surface area contributed by atoms with Crippen LogP contribution in [-0.2, 0) is 17.9 Å². The van der Waals surface area contributed by atoms with Crippen LogP contribution in [0.3, 0.4) is 0 Å². The lowest BCUT2D eigenvalue weighted by Crippen LogP contribution is -2.22. The van der Waals surface area contributed by atoms with Crippen LogP contribution >= 0.6 is 0 Å². The highest BCUT2D eigenvalue weighted by Crippen LogP contribution is 2.24. The molecule has 0 bridgehead atoms. The molecule has 0 amide bonds. The van der Waals surface area contributed by atoms with Crippen molar-refractivity contribution in [1.82, 2.24) is 24.5 Å². The summed E-state index contributed by atoms with van der Waals surface area (Å²) in [4.78, 5) is 17.1. The van der Waals surface area contributed by atoms with E-state index in [0.717, 1.165) is 67.0 Å². The molecule has 0 fully saturated rings. The van der Waals surface area contributed by atoms with Crippen molar-refractivity contribution in [3.05, 3.63) is 29.6 Å². The molecule has 10 nitrogen and oxygen atoms in total. The molecule has 3 aromatic heterocycles. The molecule has 0 radical (unpaired) electrons. The number of nitrogens with two attached hydrogens (primary N) is 2. The summed E-state index contributed by atoms with van der Waals surface area (Å²) >= 11 is 0. The number of aromatic nitrogens is 5. The Balaban J connectivity index is 0.000000230. The smallest absolute Gasteiger partial charge is 0.319 e. The quantitative estimate of drug-likeness (QED) is 0.218. The van der Waals surface area contributed by atoms with E-state index in [1.807, 2.05) is 29.0 Å². The van der Waals surface area contributed by atoms with Gasteiger partial charge in [-0.3, -0.25) is 0 Å². The van der Waals surface area contributed by atoms with E-state index in [-0.39, 0.29) is 0 Å². The maximum absolute atomic E-state index is 6.08. The number of nitrogens with zero attached hydrogens (tertiary/aromatic N) is 5. The average molecular weight is 542 g/mol. The Hall–Kier alpha value is -3.18. The van der Waals surface area contributed by atoms with Gasteiger partial charge in [-0.25, -0.2) is 0 Å². The summed E-state index contributed by atoms with van der Waals surface area (Å²) < 4.78 is 18.7. The molecule has 4 rings (SSSR count). The Bertz CT molecular complexity index is 1210. The van der Waals surface area contributed by atoms with Crippen LogP contribution in [0, 0.1) is 0 Å². The van der Waals surface area contributed by atoms with Crippen LogP contribution in [0.25, 0.3) is 17.1 Å². The summed E-state index contributed by atoms with van der Waals surface area (Å²) in [5, 5.41) is 0. The minimum Gasteiger partial charge on any atom is -0.463 e. The van der Waals surface area contributed by atoms with Crippen molar-refractivity contribution in [2.45, 2.75) is 78.4 Å². The number of nitrogen functional groups attached to an aromatic ring is 2. The molecule has 1 aliphatic carbocycles. The minimum absolute atomic E-state index is 0.348. The topological polar surface area (TPSA) is 136 Å². The zero-order valence-electron chi connectivity index (χ0n) is 23.5. The van der Waals surface area contributed by atoms with Gasteiger partial charge in [0.1, 0.15) is 18.1 Å². The molecule has 0 aliphatic heterocycles. The summed E-state index contributed by atoms with van der Waals surface area (Å²) in [6, 6.07) is 3.81. The van der Waals surface area contributed by atoms with Gasteiger partial charge in [-0.2, -0.15) is 19.9 Å². The number of anilines is 2. The van der Waals surface area contributed by atoms with Gasteiger partial charge in [-0.15, -0.1) is 0 Å². The van der Waals surface area contributed by atoms with Gasteiger partial charge in [-0.1, -0.05) is 52.4 Å². The third-order valence-corrected chi connectivity index (χ3v) is 7.65. The second-order valence-electron chi connectivity index (χ2n) is 10.5. The number of unbranched alkanes of at least 4 members (excludes halogenated alkanes) is 2. The molecule has 11 heteroatoms. The highest BCUT2D eigenvalue weighted by atomic mass is 28.3. The normalized spacial score (nSPS) is 12.3. The third kappa shape index (κ3) is 8.69. The molecule has 0 spiro atoms. The second kappa shape index (κ2) is 14.1. The summed E-state index contributed by atoms with van der Waals surface area (Å²) in [5.74, 6) is 0.969. The largest absolute Gasteiger partial charge is 0.463 e. The van der Waals surface area contributed by atoms with E-state index in [1.54, 1.807) is 0 Å². The van der Waals surface area contributed by atoms with Gasteiger partial charge in [0.2, 0.25) is 0 Å². The predicted molar refractivity (Wildman–Crippen MR) is 156 cm³/mol. The number of hydrogen-bond donors (Lipinski definition) is 2. The summed E-state index contributed by atoms with van der Waals surface area (Å²) in [6.45, 7) is 13.8. The first-order valence-electron chi connectivity index (χ1n) is 13.5. The monoisotopic (exact) mass is 541 g/mol. The SMILES string of the molecule is CCCCOc1nc(N)c2c(ccn2COCC[Si](C)(C)C)n1.CCCCOc1nc(N)c2c(n1)C=CC2. The highest BCUT2D eigenvalue weighted by Gasteiger charge is 2.15. The van der Waals surface area contributed by atoms with Crippen molar-refractivity contribution < 1.29 is 14.2 Å². The standard InChI is InChI=1S/C16H28N4O2Si.C11H15N3O/c1-5-6-9-22-16-18-13-7-8-20(14(13)15(17)19-16)12-21-10-11-23(2,3)4;1-2-3-7-15-11-13-9-6-4-5-8(9)10(12)14-11/h7-8H,5-6,9-12H2,1-4H3,(H2,17,18,19);4,6H,2-3,5,7H2,1H3,(H2,12,13,14). The maximum atomic E-state index is 6.08. The molecule has 4 N–H and O–H groups in total. The van der Waals surface area contributed by atoms with Crippen LogP contribution in [0.5, 0.6) is 12.0 Å². The summed E-state index contributed by atoms with van der Waals surface area (Å²) in [7, 11) is -1.07. The van der Waals surface area contributed by atoms with Crippen molar-refractivity contribution in [2.75, 3.05) is 31.3 Å². The molecular formula is C27H43N7O3Si. The molecule has 1 aliphatic rings. The molecule has 208 valence electrons. The molecule has 0 aromatic carbocycles.